The van der Waals surface area contributed by atoms with Crippen molar-refractivity contribution in [3.8, 4) is 0 Å². The molecule has 4 aromatic rings. The van der Waals surface area contributed by atoms with Crippen LogP contribution in [0.5, 0.6) is 0 Å². The normalized spacial score (nSPS) is 24.0. The minimum absolute atomic E-state index is 0.0324. The predicted molar refractivity (Wildman–Crippen MR) is 128 cm³/mol. The van der Waals surface area contributed by atoms with Gasteiger partial charge in [-0.15, -0.1) is 16.4 Å². The van der Waals surface area contributed by atoms with Gasteiger partial charge in [-0.1, -0.05) is 16.1 Å². The molecule has 1 amide bonds. The molecule has 8 nitrogen and oxygen atoms in total. The van der Waals surface area contributed by atoms with Crippen LogP contribution >= 0.6 is 34.5 Å². The van der Waals surface area contributed by atoms with E-state index in [1.807, 2.05) is 12.1 Å². The molecule has 2 unspecified atom stereocenters. The molecule has 2 fully saturated rings. The van der Waals surface area contributed by atoms with Crippen molar-refractivity contribution in [3.05, 3.63) is 33.9 Å². The topological polar surface area (TPSA) is 93.1 Å². The Morgan fingerprint density at radius 2 is 2.24 bits per heavy atom. The van der Waals surface area contributed by atoms with E-state index in [4.69, 9.17) is 16.3 Å². The van der Waals surface area contributed by atoms with Gasteiger partial charge in [0.2, 0.25) is 5.91 Å². The number of anilines is 2. The third-order valence-corrected chi connectivity index (χ3v) is 9.13. The quantitative estimate of drug-likeness (QED) is 0.452. The summed E-state index contributed by atoms with van der Waals surface area (Å²) >= 11 is 9.51. The highest BCUT2D eigenvalue weighted by Gasteiger charge is 2.43. The van der Waals surface area contributed by atoms with Crippen LogP contribution in [0.2, 0.25) is 5.02 Å². The molecule has 2 aliphatic heterocycles. The highest BCUT2D eigenvalue weighted by Crippen LogP contribution is 2.42. The lowest BCUT2D eigenvalue weighted by Gasteiger charge is -2.32. The molecule has 11 heteroatoms. The minimum Gasteiger partial charge on any atom is -0.374 e. The number of fused-ring (bicyclic) bond motifs is 6. The Hall–Kier alpha value is -2.40. The summed E-state index contributed by atoms with van der Waals surface area (Å²) in [5.41, 5.74) is 2.81. The summed E-state index contributed by atoms with van der Waals surface area (Å²) in [4.78, 5) is 26.6. The van der Waals surface area contributed by atoms with Crippen molar-refractivity contribution in [3.63, 3.8) is 0 Å². The standard InChI is InChI=1S/C22H19ClN6O2S2/c23-14-5-16-18(33-28-27-16)6-15(14)26-20-19-13-2-1-10(3-17(13)32-21(19)25-9-24-20)22(30)29-7-12-4-11(29)8-31-12/h5-6,9-12H,1-4,7-8H2,(H,24,25,26)/t10-,11?,12?/m0/s1. The van der Waals surface area contributed by atoms with Gasteiger partial charge in [-0.25, -0.2) is 9.97 Å². The maximum atomic E-state index is 13.3. The van der Waals surface area contributed by atoms with Crippen LogP contribution in [0, 0.1) is 5.92 Å². The molecule has 3 atom stereocenters. The molecule has 3 aromatic heterocycles. The fraction of sp³-hybridized carbons (Fsp3) is 0.409. The summed E-state index contributed by atoms with van der Waals surface area (Å²) in [6, 6.07) is 4.04. The molecule has 33 heavy (non-hydrogen) atoms. The van der Waals surface area contributed by atoms with Crippen LogP contribution in [0.25, 0.3) is 20.4 Å². The minimum atomic E-state index is 0.0324. The number of aromatic nitrogens is 4. The third kappa shape index (κ3) is 3.23. The number of benzene rings is 1. The van der Waals surface area contributed by atoms with Gasteiger partial charge in [0.05, 0.1) is 39.5 Å². The van der Waals surface area contributed by atoms with E-state index < -0.39 is 0 Å². The first-order valence-electron chi connectivity index (χ1n) is 11.0. The predicted octanol–water partition coefficient (Wildman–Crippen LogP) is 4.20. The van der Waals surface area contributed by atoms with Gasteiger partial charge in [0, 0.05) is 17.3 Å². The van der Waals surface area contributed by atoms with Crippen molar-refractivity contribution in [2.75, 3.05) is 18.5 Å². The summed E-state index contributed by atoms with van der Waals surface area (Å²) in [5.74, 6) is 1.07. The van der Waals surface area contributed by atoms with Gasteiger partial charge in [0.25, 0.3) is 0 Å². The number of nitrogens with one attached hydrogen (secondary N) is 1. The Balaban J connectivity index is 1.20. The highest BCUT2D eigenvalue weighted by molar-refractivity contribution is 7.19. The lowest BCUT2D eigenvalue weighted by atomic mass is 9.86. The fourth-order valence-corrected chi connectivity index (χ4v) is 7.40. The van der Waals surface area contributed by atoms with Crippen molar-refractivity contribution in [2.45, 2.75) is 37.8 Å². The molecule has 7 rings (SSSR count). The number of morpholine rings is 1. The molecule has 1 aromatic carbocycles. The van der Waals surface area contributed by atoms with Crippen molar-refractivity contribution in [1.82, 2.24) is 24.5 Å². The molecule has 2 bridgehead atoms. The monoisotopic (exact) mass is 498 g/mol. The SMILES string of the molecule is O=C([C@H]1CCc2c(sc3ncnc(Nc4cc5snnc5cc4Cl)c23)C1)N1CC2CC1CO2. The molecule has 168 valence electrons. The first-order valence-corrected chi connectivity index (χ1v) is 13.0. The molecular weight excluding hydrogens is 480 g/mol. The van der Waals surface area contributed by atoms with Gasteiger partial charge in [0.1, 0.15) is 22.5 Å². The van der Waals surface area contributed by atoms with E-state index in [-0.39, 0.29) is 24.0 Å². The van der Waals surface area contributed by atoms with Crippen LogP contribution in [0.3, 0.4) is 0 Å². The number of hydrogen-bond donors (Lipinski definition) is 1. The lowest BCUT2D eigenvalue weighted by molar-refractivity contribution is -0.140. The number of hydrogen-bond acceptors (Lipinski definition) is 9. The van der Waals surface area contributed by atoms with Gasteiger partial charge in [-0.3, -0.25) is 4.79 Å². The average Bonchev–Trinajstić information content (AvgIpc) is 3.61. The van der Waals surface area contributed by atoms with Gasteiger partial charge >= 0.3 is 0 Å². The number of nitrogens with zero attached hydrogens (tertiary/aromatic N) is 5. The number of rotatable bonds is 3. The second kappa shape index (κ2) is 7.56. The zero-order chi connectivity index (χ0) is 22.1. The molecule has 1 N–H and O–H groups in total. The molecule has 1 aliphatic carbocycles. The summed E-state index contributed by atoms with van der Waals surface area (Å²) in [6.45, 7) is 1.44. The summed E-state index contributed by atoms with van der Waals surface area (Å²) in [7, 11) is 0. The number of carbonyl (C=O) groups is 1. The number of ether oxygens (including phenoxy) is 1. The van der Waals surface area contributed by atoms with E-state index in [0.717, 1.165) is 64.2 Å². The zero-order valence-electron chi connectivity index (χ0n) is 17.5. The van der Waals surface area contributed by atoms with E-state index >= 15 is 0 Å². The van der Waals surface area contributed by atoms with E-state index in [9.17, 15) is 4.79 Å². The fourth-order valence-electron chi connectivity index (χ4n) is 5.35. The van der Waals surface area contributed by atoms with Gasteiger partial charge < -0.3 is 15.0 Å². The number of carbonyl (C=O) groups excluding carboxylic acids is 1. The van der Waals surface area contributed by atoms with E-state index in [2.05, 4.69) is 29.8 Å². The summed E-state index contributed by atoms with van der Waals surface area (Å²) in [5, 5.41) is 9.11. The second-order valence-electron chi connectivity index (χ2n) is 8.88. The number of likely N-dealkylation sites (tertiary alicyclic amines) is 1. The van der Waals surface area contributed by atoms with Crippen LogP contribution in [0.1, 0.15) is 23.3 Å². The maximum absolute atomic E-state index is 13.3. The van der Waals surface area contributed by atoms with Gasteiger partial charge in [-0.05, 0) is 54.9 Å². The Labute approximate surface area is 202 Å². The molecule has 2 saturated heterocycles. The van der Waals surface area contributed by atoms with E-state index in [1.54, 1.807) is 17.7 Å². The Morgan fingerprint density at radius 3 is 3.09 bits per heavy atom. The van der Waals surface area contributed by atoms with Crippen molar-refractivity contribution in [1.29, 1.82) is 0 Å². The van der Waals surface area contributed by atoms with E-state index in [1.165, 1.54) is 22.0 Å². The molecular formula is C22H19ClN6O2S2. The van der Waals surface area contributed by atoms with Crippen molar-refractivity contribution in [2.24, 2.45) is 5.92 Å². The van der Waals surface area contributed by atoms with Crippen LogP contribution in [0.15, 0.2) is 18.5 Å². The zero-order valence-corrected chi connectivity index (χ0v) is 19.8. The average molecular weight is 499 g/mol. The van der Waals surface area contributed by atoms with Crippen LogP contribution in [-0.4, -0.2) is 55.7 Å². The molecule has 5 heterocycles. The first-order chi connectivity index (χ1) is 16.1. The van der Waals surface area contributed by atoms with E-state index in [0.29, 0.717) is 11.6 Å². The van der Waals surface area contributed by atoms with Gasteiger partial charge in [0.15, 0.2) is 0 Å². The largest absolute Gasteiger partial charge is 0.374 e. The molecule has 3 aliphatic rings. The molecule has 0 radical (unpaired) electrons. The summed E-state index contributed by atoms with van der Waals surface area (Å²) in [6.07, 6.45) is 5.26. The second-order valence-corrected chi connectivity index (χ2v) is 11.2. The highest BCUT2D eigenvalue weighted by atomic mass is 35.5. The van der Waals surface area contributed by atoms with Gasteiger partial charge in [-0.2, -0.15) is 0 Å². The Bertz CT molecular complexity index is 1420. The van der Waals surface area contributed by atoms with Crippen LogP contribution in [0.4, 0.5) is 11.5 Å². The summed E-state index contributed by atoms with van der Waals surface area (Å²) < 4.78 is 10.6. The molecule has 0 saturated carbocycles. The number of halogens is 1. The van der Waals surface area contributed by atoms with Crippen LogP contribution in [-0.2, 0) is 22.4 Å². The lowest BCUT2D eigenvalue weighted by Crippen LogP contribution is -2.45. The van der Waals surface area contributed by atoms with Crippen molar-refractivity contribution >= 4 is 72.3 Å². The molecule has 0 spiro atoms. The smallest absolute Gasteiger partial charge is 0.226 e. The van der Waals surface area contributed by atoms with Crippen LogP contribution < -0.4 is 5.32 Å². The number of thiophene rings is 1. The number of amides is 1. The van der Waals surface area contributed by atoms with Crippen molar-refractivity contribution < 1.29 is 9.53 Å². The third-order valence-electron chi connectivity index (χ3n) is 6.97. The Morgan fingerprint density at radius 1 is 1.30 bits per heavy atom. The Kier molecular flexibility index (Phi) is 4.58. The first kappa shape index (κ1) is 20.0. The maximum Gasteiger partial charge on any atom is 0.226 e. The number of aryl methyl sites for hydroxylation is 1.